The first-order chi connectivity index (χ1) is 17.2. The number of oxime groups is 1. The minimum atomic E-state index is -4.56. The Labute approximate surface area is 209 Å². The molecule has 3 amide bonds. The molecule has 0 radical (unpaired) electrons. The standard InChI is InChI=1S/C23H23ClF3N5O4/c24-13-7-10(23(25,26)27)9-29-19(13)28-3-6-32-20(33)14-11-8-12(15(14)21(32)34)18-16(11)17(30-36-18)22(35)31-4-1-2-5-31/h7,9,11-12,14-16,18H,1-6,8H2,(H,28,29)/t11-,12+,14-,15+,16-,18-/m1/s1. The Morgan fingerprint density at radius 2 is 1.83 bits per heavy atom. The van der Waals surface area contributed by atoms with Crippen LogP contribution in [0.15, 0.2) is 17.4 Å². The van der Waals surface area contributed by atoms with Crippen molar-refractivity contribution in [3.63, 3.8) is 0 Å². The second kappa shape index (κ2) is 8.32. The second-order valence-electron chi connectivity index (χ2n) is 9.99. The van der Waals surface area contributed by atoms with Gasteiger partial charge in [-0.25, -0.2) is 4.98 Å². The van der Waals surface area contributed by atoms with Gasteiger partial charge in [-0.2, -0.15) is 13.2 Å². The van der Waals surface area contributed by atoms with Crippen LogP contribution in [0.1, 0.15) is 24.8 Å². The molecule has 0 spiro atoms. The molecule has 192 valence electrons. The number of hydrogen-bond acceptors (Lipinski definition) is 7. The number of nitrogens with zero attached hydrogens (tertiary/aromatic N) is 4. The maximum absolute atomic E-state index is 13.3. The van der Waals surface area contributed by atoms with Crippen molar-refractivity contribution < 1.29 is 32.4 Å². The summed E-state index contributed by atoms with van der Waals surface area (Å²) < 4.78 is 38.4. The Bertz CT molecular complexity index is 1170. The fourth-order valence-corrected chi connectivity index (χ4v) is 6.91. The molecule has 2 saturated heterocycles. The highest BCUT2D eigenvalue weighted by Gasteiger charge is 2.70. The number of hydrogen-bond donors (Lipinski definition) is 1. The van der Waals surface area contributed by atoms with E-state index in [-0.39, 0.29) is 65.5 Å². The van der Waals surface area contributed by atoms with E-state index in [0.29, 0.717) is 31.4 Å². The summed E-state index contributed by atoms with van der Waals surface area (Å²) in [6, 6.07) is 0.770. The topological polar surface area (TPSA) is 104 Å². The smallest absolute Gasteiger partial charge is 0.391 e. The molecule has 4 heterocycles. The van der Waals surface area contributed by atoms with Crippen LogP contribution < -0.4 is 5.32 Å². The molecule has 4 fully saturated rings. The average Bonchev–Trinajstić information content (AvgIpc) is 3.63. The third-order valence-electron chi connectivity index (χ3n) is 8.19. The van der Waals surface area contributed by atoms with Crippen molar-refractivity contribution in [2.24, 2.45) is 34.7 Å². The van der Waals surface area contributed by atoms with Crippen LogP contribution in [0, 0.1) is 29.6 Å². The highest BCUT2D eigenvalue weighted by atomic mass is 35.5. The van der Waals surface area contributed by atoms with E-state index in [0.717, 1.165) is 18.9 Å². The van der Waals surface area contributed by atoms with Crippen molar-refractivity contribution in [3.05, 3.63) is 22.8 Å². The zero-order valence-electron chi connectivity index (χ0n) is 19.0. The molecule has 0 unspecified atom stereocenters. The summed E-state index contributed by atoms with van der Waals surface area (Å²) in [4.78, 5) is 51.9. The number of carbonyl (C=O) groups is 3. The number of amides is 3. The Balaban J connectivity index is 1.12. The summed E-state index contributed by atoms with van der Waals surface area (Å²) in [6.45, 7) is 1.47. The first-order valence-corrected chi connectivity index (χ1v) is 12.4. The number of pyridine rings is 1. The number of fused-ring (bicyclic) bond motifs is 8. The van der Waals surface area contributed by atoms with Gasteiger partial charge in [0, 0.05) is 38.3 Å². The molecule has 1 aromatic heterocycles. The molecule has 5 aliphatic rings. The Hall–Kier alpha value is -2.89. The number of anilines is 1. The van der Waals surface area contributed by atoms with Gasteiger partial charge in [0.15, 0.2) is 5.71 Å². The van der Waals surface area contributed by atoms with E-state index in [4.69, 9.17) is 16.4 Å². The van der Waals surface area contributed by atoms with Crippen LogP contribution in [0.4, 0.5) is 19.0 Å². The predicted molar refractivity (Wildman–Crippen MR) is 120 cm³/mol. The van der Waals surface area contributed by atoms with Crippen LogP contribution >= 0.6 is 11.6 Å². The highest BCUT2D eigenvalue weighted by Crippen LogP contribution is 2.61. The molecule has 1 N–H and O–H groups in total. The molecule has 6 atom stereocenters. The number of aromatic nitrogens is 1. The van der Waals surface area contributed by atoms with Crippen molar-refractivity contribution in [2.75, 3.05) is 31.5 Å². The lowest BCUT2D eigenvalue weighted by Gasteiger charge is -2.30. The van der Waals surface area contributed by atoms with E-state index in [1.54, 1.807) is 4.90 Å². The zero-order valence-corrected chi connectivity index (χ0v) is 19.8. The van der Waals surface area contributed by atoms with Gasteiger partial charge in [-0.3, -0.25) is 19.3 Å². The van der Waals surface area contributed by atoms with E-state index in [1.165, 1.54) is 4.90 Å². The van der Waals surface area contributed by atoms with Crippen LogP contribution in [0.2, 0.25) is 5.02 Å². The third-order valence-corrected chi connectivity index (χ3v) is 8.48. The van der Waals surface area contributed by atoms with Gasteiger partial charge in [-0.15, -0.1) is 0 Å². The predicted octanol–water partition coefficient (Wildman–Crippen LogP) is 2.41. The zero-order chi connectivity index (χ0) is 25.4. The number of rotatable bonds is 5. The van der Waals surface area contributed by atoms with Gasteiger partial charge >= 0.3 is 6.18 Å². The normalized spacial score (nSPS) is 32.6. The van der Waals surface area contributed by atoms with Crippen LogP contribution in [0.25, 0.3) is 0 Å². The maximum atomic E-state index is 13.3. The van der Waals surface area contributed by atoms with Crippen LogP contribution in [-0.2, 0) is 25.4 Å². The van der Waals surface area contributed by atoms with Crippen molar-refractivity contribution in [1.29, 1.82) is 0 Å². The molecule has 2 saturated carbocycles. The van der Waals surface area contributed by atoms with Crippen LogP contribution in [0.5, 0.6) is 0 Å². The number of imide groups is 1. The third kappa shape index (κ3) is 3.47. The summed E-state index contributed by atoms with van der Waals surface area (Å²) in [6.07, 6.45) is -1.72. The van der Waals surface area contributed by atoms with Gasteiger partial charge in [-0.1, -0.05) is 16.8 Å². The summed E-state index contributed by atoms with van der Waals surface area (Å²) in [5.41, 5.74) is -0.596. The van der Waals surface area contributed by atoms with E-state index >= 15 is 0 Å². The molecule has 1 aromatic rings. The summed E-state index contributed by atoms with van der Waals surface area (Å²) in [7, 11) is 0. The van der Waals surface area contributed by atoms with Gasteiger partial charge in [0.05, 0.1) is 28.3 Å². The summed E-state index contributed by atoms with van der Waals surface area (Å²) in [5.74, 6) is -2.35. The molecule has 2 bridgehead atoms. The average molecular weight is 526 g/mol. The number of alkyl halides is 3. The lowest BCUT2D eigenvalue weighted by molar-refractivity contribution is -0.141. The van der Waals surface area contributed by atoms with Gasteiger partial charge in [-0.05, 0) is 31.2 Å². The van der Waals surface area contributed by atoms with Crippen molar-refractivity contribution in [2.45, 2.75) is 31.5 Å². The number of halogens is 4. The summed E-state index contributed by atoms with van der Waals surface area (Å²) >= 11 is 5.92. The van der Waals surface area contributed by atoms with E-state index in [9.17, 15) is 27.6 Å². The van der Waals surface area contributed by atoms with Gasteiger partial charge in [0.1, 0.15) is 11.9 Å². The lowest BCUT2D eigenvalue weighted by Crippen LogP contribution is -2.45. The summed E-state index contributed by atoms with van der Waals surface area (Å²) in [5, 5.41) is 6.70. The molecule has 9 nitrogen and oxygen atoms in total. The quantitative estimate of drug-likeness (QED) is 0.592. The lowest BCUT2D eigenvalue weighted by atomic mass is 9.72. The first kappa shape index (κ1) is 23.5. The van der Waals surface area contributed by atoms with Crippen molar-refractivity contribution in [3.8, 4) is 0 Å². The fraction of sp³-hybridized carbons (Fsp3) is 0.609. The molecular weight excluding hydrogens is 503 g/mol. The Kier molecular flexibility index (Phi) is 5.43. The second-order valence-corrected chi connectivity index (χ2v) is 10.4. The van der Waals surface area contributed by atoms with Crippen LogP contribution in [-0.4, -0.2) is 70.5 Å². The van der Waals surface area contributed by atoms with Gasteiger partial charge in [0.25, 0.3) is 5.91 Å². The van der Waals surface area contributed by atoms with Crippen molar-refractivity contribution in [1.82, 2.24) is 14.8 Å². The molecule has 6 rings (SSSR count). The fourth-order valence-electron chi connectivity index (χ4n) is 6.67. The number of carbonyl (C=O) groups excluding carboxylic acids is 3. The van der Waals surface area contributed by atoms with Crippen LogP contribution in [0.3, 0.4) is 0 Å². The largest absolute Gasteiger partial charge is 0.417 e. The number of likely N-dealkylation sites (tertiary alicyclic amines) is 2. The SMILES string of the molecule is O=C(C1=NO[C@@H]2[C@H]3C[C@H]([C@H]4C(=O)N(CCNc5ncc(C(F)(F)F)cc5Cl)C(=O)[C@@H]34)[C@H]12)N1CCCC1. The maximum Gasteiger partial charge on any atom is 0.417 e. The molecular formula is C23H23ClF3N5O4. The van der Waals surface area contributed by atoms with E-state index in [2.05, 4.69) is 15.5 Å². The minimum absolute atomic E-state index is 0.0208. The van der Waals surface area contributed by atoms with E-state index < -0.39 is 23.6 Å². The Morgan fingerprint density at radius 3 is 2.50 bits per heavy atom. The van der Waals surface area contributed by atoms with E-state index in [1.807, 2.05) is 0 Å². The monoisotopic (exact) mass is 525 g/mol. The molecule has 36 heavy (non-hydrogen) atoms. The molecule has 13 heteroatoms. The Morgan fingerprint density at radius 1 is 1.14 bits per heavy atom. The molecule has 2 aliphatic carbocycles. The first-order valence-electron chi connectivity index (χ1n) is 12.0. The minimum Gasteiger partial charge on any atom is -0.391 e. The molecule has 3 aliphatic heterocycles. The van der Waals surface area contributed by atoms with Gasteiger partial charge < -0.3 is 15.1 Å². The number of nitrogens with one attached hydrogen (secondary N) is 1. The van der Waals surface area contributed by atoms with Gasteiger partial charge in [0.2, 0.25) is 11.8 Å². The van der Waals surface area contributed by atoms with Crippen molar-refractivity contribution >= 4 is 40.9 Å². The molecule has 0 aromatic carbocycles. The highest BCUT2D eigenvalue weighted by molar-refractivity contribution is 6.40.